The molecule has 0 N–H and O–H groups in total. The number of nitrogens with zero attached hydrogens (tertiary/aromatic N) is 6. The lowest BCUT2D eigenvalue weighted by Gasteiger charge is -2.18. The Morgan fingerprint density at radius 1 is 0.139 bits per heavy atom. The van der Waals surface area contributed by atoms with Crippen LogP contribution in [0.15, 0.2) is 413 Å². The number of hydrogen-bond donors (Lipinski definition) is 0. The third-order valence-electron chi connectivity index (χ3n) is 22.8. The van der Waals surface area contributed by atoms with Gasteiger partial charge in [0, 0.05) is 33.4 Å². The third-order valence-corrected chi connectivity index (χ3v) is 22.8. The molecule has 19 rings (SSSR count). The number of ether oxygens (including phenoxy) is 4. The Labute approximate surface area is 710 Å². The van der Waals surface area contributed by atoms with E-state index < -0.39 is 0 Å². The zero-order valence-electron chi connectivity index (χ0n) is 67.6. The summed E-state index contributed by atoms with van der Waals surface area (Å²) in [6.07, 6.45) is 8.71. The molecule has 0 unspecified atom stereocenters. The Kier molecular flexibility index (Phi) is 21.3. The Morgan fingerprint density at radius 3 is 0.451 bits per heavy atom. The molecular weight excluding hydrogens is 1490 g/mol. The summed E-state index contributed by atoms with van der Waals surface area (Å²) in [5.41, 5.74) is 37.6. The molecule has 0 spiro atoms. The highest BCUT2D eigenvalue weighted by molar-refractivity contribution is 5.98. The number of benzene rings is 14. The largest absolute Gasteiger partial charge is 0.495 e. The van der Waals surface area contributed by atoms with Gasteiger partial charge in [-0.2, -0.15) is 0 Å². The Hall–Kier alpha value is -16.0. The smallest absolute Gasteiger partial charge is 0.137 e. The highest BCUT2D eigenvalue weighted by Gasteiger charge is 2.21. The van der Waals surface area contributed by atoms with E-state index in [1.165, 1.54) is 0 Å². The monoisotopic (exact) mass is 1570 g/mol. The second kappa shape index (κ2) is 34.3. The number of hydrogen-bond acceptors (Lipinski definition) is 10. The lowest BCUT2D eigenvalue weighted by Crippen LogP contribution is -1.93. The Morgan fingerprint density at radius 2 is 0.295 bits per heavy atom. The highest BCUT2D eigenvalue weighted by Crippen LogP contribution is 2.47. The van der Waals surface area contributed by atoms with Gasteiger partial charge in [-0.05, 0) is 225 Å². The molecule has 0 saturated heterocycles. The van der Waals surface area contributed by atoms with Crippen molar-refractivity contribution >= 4 is 0 Å². The second-order valence-electron chi connectivity index (χ2n) is 30.0. The molecule has 14 aromatic carbocycles. The molecule has 5 aromatic heterocycles. The van der Waals surface area contributed by atoms with Gasteiger partial charge in [0.25, 0.3) is 0 Å². The summed E-state index contributed by atoms with van der Waals surface area (Å²) in [6.45, 7) is 0. The fraction of sp³-hybridized carbons (Fsp3) is 0.0357. The number of rotatable bonds is 22. The molecule has 0 aliphatic carbocycles. The van der Waals surface area contributed by atoms with E-state index in [0.717, 1.165) is 224 Å². The summed E-state index contributed by atoms with van der Waals surface area (Å²) in [6, 6.07) is 137. The first-order valence-electron chi connectivity index (χ1n) is 40.6. The van der Waals surface area contributed by atoms with Gasteiger partial charge in [-0.25, -0.2) is 9.97 Å². The van der Waals surface area contributed by atoms with Crippen molar-refractivity contribution in [2.75, 3.05) is 28.4 Å². The quantitative estimate of drug-likeness (QED) is 0.0650. The van der Waals surface area contributed by atoms with Gasteiger partial charge in [0.05, 0.1) is 87.4 Å². The van der Waals surface area contributed by atoms with Crippen LogP contribution in [0.3, 0.4) is 0 Å². The first kappa shape index (κ1) is 76.0. The van der Waals surface area contributed by atoms with Gasteiger partial charge in [-0.15, -0.1) is 0 Å². The molecule has 0 aliphatic rings. The SMILES string of the molecule is COc1ccc(-c2ccc(-c3ccccc3-c3cc(-c4ccccc4-c4ccc(-c5ccc(OC)cn5)cc4)cc(-c4ccccc4-c4ccc(-c5cc(-c6ccc(-c7ccccc7-c7cc(-c8ccccc8-c8ccc(-c9ccc(OC)cn9)cc8)cc(-c8ccccc8-c8ccc(-c9ccc(OC)cn9)cc8)c7)cc6)ncn5)cc4)c3)cc2)nc1. The minimum atomic E-state index is 0.720. The van der Waals surface area contributed by atoms with Crippen LogP contribution in [-0.4, -0.2) is 58.3 Å². The summed E-state index contributed by atoms with van der Waals surface area (Å²) < 4.78 is 21.7. The van der Waals surface area contributed by atoms with Crippen molar-refractivity contribution in [2.45, 2.75) is 0 Å². The van der Waals surface area contributed by atoms with E-state index in [9.17, 15) is 0 Å². The van der Waals surface area contributed by atoms with Gasteiger partial charge in [-0.1, -0.05) is 291 Å². The van der Waals surface area contributed by atoms with E-state index in [4.69, 9.17) is 48.9 Å². The van der Waals surface area contributed by atoms with E-state index in [1.54, 1.807) is 59.6 Å². The van der Waals surface area contributed by atoms with E-state index in [-0.39, 0.29) is 0 Å². The average Bonchev–Trinajstić information content (AvgIpc) is 0.770. The minimum Gasteiger partial charge on any atom is -0.495 e. The van der Waals surface area contributed by atoms with Crippen LogP contribution in [0.1, 0.15) is 0 Å². The van der Waals surface area contributed by atoms with Crippen LogP contribution in [0.5, 0.6) is 23.0 Å². The molecular formula is C112H80N6O4. The molecule has 0 amide bonds. The number of pyridine rings is 4. The molecule has 0 aliphatic heterocycles. The molecule has 0 bridgehead atoms. The lowest BCUT2D eigenvalue weighted by molar-refractivity contribution is 0.413. The predicted octanol–water partition coefficient (Wildman–Crippen LogP) is 28.1. The minimum absolute atomic E-state index is 0.720. The maximum atomic E-state index is 5.42. The van der Waals surface area contributed by atoms with E-state index in [1.807, 2.05) is 48.5 Å². The Balaban J connectivity index is 0.640. The maximum absolute atomic E-state index is 5.42. The van der Waals surface area contributed by atoms with Crippen molar-refractivity contribution in [2.24, 2.45) is 0 Å². The molecule has 0 saturated carbocycles. The van der Waals surface area contributed by atoms with Gasteiger partial charge < -0.3 is 18.9 Å². The van der Waals surface area contributed by atoms with Crippen LogP contribution >= 0.6 is 0 Å². The standard InChI is InChI=1S/C112H80N6O4/c1-119-91-53-57-107(113-68-91)79-41-29-73(30-42-79)95-17-5-11-23-101(95)85-61-86(102-24-12-6-18-96(102)74-31-43-80(44-32-74)108-58-54-92(120-2)69-114-108)64-89(63-85)105-27-15-9-21-99(105)77-37-49-83(50-38-77)111-67-112(118-72-117-111)84-51-39-78(40-52-84)100-22-10-16-28-106(100)90-65-87(103-25-13-7-19-97(103)75-33-45-81(46-34-75)109-59-55-93(121-3)70-115-109)62-88(66-90)104-26-14-8-20-98(104)76-35-47-82(48-36-76)110-60-56-94(122-4)71-116-110/h5-72H,1-4H3. The van der Waals surface area contributed by atoms with Gasteiger partial charge >= 0.3 is 0 Å². The summed E-state index contributed by atoms with van der Waals surface area (Å²) in [5.74, 6) is 2.88. The Bertz CT molecular complexity index is 6240. The van der Waals surface area contributed by atoms with Gasteiger partial charge in [0.1, 0.15) is 29.3 Å². The first-order valence-corrected chi connectivity index (χ1v) is 40.6. The van der Waals surface area contributed by atoms with Gasteiger partial charge in [0.2, 0.25) is 0 Å². The molecule has 19 aromatic rings. The van der Waals surface area contributed by atoms with Gasteiger partial charge in [-0.3, -0.25) is 19.9 Å². The molecule has 582 valence electrons. The molecule has 5 heterocycles. The summed E-state index contributed by atoms with van der Waals surface area (Å²) in [5, 5.41) is 0. The molecule has 0 fully saturated rings. The van der Waals surface area contributed by atoms with Crippen LogP contribution < -0.4 is 18.9 Å². The first-order chi connectivity index (χ1) is 60.2. The van der Waals surface area contributed by atoms with E-state index >= 15 is 0 Å². The van der Waals surface area contributed by atoms with Crippen LogP contribution in [0.4, 0.5) is 0 Å². The fourth-order valence-electron chi connectivity index (χ4n) is 16.4. The van der Waals surface area contributed by atoms with E-state index in [0.29, 0.717) is 0 Å². The normalized spacial score (nSPS) is 11.1. The zero-order valence-corrected chi connectivity index (χ0v) is 67.6. The van der Waals surface area contributed by atoms with E-state index in [2.05, 4.69) is 334 Å². The van der Waals surface area contributed by atoms with Crippen LogP contribution in [0.2, 0.25) is 0 Å². The van der Waals surface area contributed by atoms with Crippen molar-refractivity contribution in [3.8, 4) is 224 Å². The van der Waals surface area contributed by atoms with Crippen LogP contribution in [-0.2, 0) is 0 Å². The summed E-state index contributed by atoms with van der Waals surface area (Å²) >= 11 is 0. The van der Waals surface area contributed by atoms with Crippen molar-refractivity contribution in [3.63, 3.8) is 0 Å². The summed E-state index contributed by atoms with van der Waals surface area (Å²) in [4.78, 5) is 28.6. The third kappa shape index (κ3) is 15.8. The van der Waals surface area contributed by atoms with Crippen molar-refractivity contribution < 1.29 is 18.9 Å². The number of methoxy groups -OCH3 is 4. The molecule has 0 radical (unpaired) electrons. The van der Waals surface area contributed by atoms with Crippen molar-refractivity contribution in [1.29, 1.82) is 0 Å². The number of aromatic nitrogens is 6. The molecule has 0 atom stereocenters. The van der Waals surface area contributed by atoms with Crippen molar-refractivity contribution in [3.05, 3.63) is 413 Å². The maximum Gasteiger partial charge on any atom is 0.137 e. The molecule has 10 nitrogen and oxygen atoms in total. The second-order valence-corrected chi connectivity index (χ2v) is 30.0. The predicted molar refractivity (Wildman–Crippen MR) is 497 cm³/mol. The molecule has 122 heavy (non-hydrogen) atoms. The zero-order chi connectivity index (χ0) is 82.2. The fourth-order valence-corrected chi connectivity index (χ4v) is 16.4. The highest BCUT2D eigenvalue weighted by atomic mass is 16.5. The van der Waals surface area contributed by atoms with Crippen LogP contribution in [0, 0.1) is 0 Å². The molecule has 10 heteroatoms. The summed E-state index contributed by atoms with van der Waals surface area (Å²) in [7, 11) is 6.63. The van der Waals surface area contributed by atoms with Crippen LogP contribution in [0.25, 0.3) is 201 Å². The van der Waals surface area contributed by atoms with Crippen molar-refractivity contribution in [1.82, 2.24) is 29.9 Å². The average molecular weight is 1570 g/mol. The topological polar surface area (TPSA) is 114 Å². The lowest BCUT2D eigenvalue weighted by atomic mass is 9.86. The van der Waals surface area contributed by atoms with Gasteiger partial charge in [0.15, 0.2) is 0 Å².